The van der Waals surface area contributed by atoms with E-state index < -0.39 is 5.82 Å². The van der Waals surface area contributed by atoms with Crippen molar-refractivity contribution in [1.82, 2.24) is 5.32 Å². The van der Waals surface area contributed by atoms with Crippen LogP contribution in [0.15, 0.2) is 60.7 Å². The van der Waals surface area contributed by atoms with E-state index in [0.29, 0.717) is 0 Å². The van der Waals surface area contributed by atoms with Gasteiger partial charge in [-0.2, -0.15) is 0 Å². The van der Waals surface area contributed by atoms with Crippen LogP contribution in [0.5, 0.6) is 0 Å². The van der Waals surface area contributed by atoms with E-state index in [4.69, 9.17) is 11.6 Å². The summed E-state index contributed by atoms with van der Waals surface area (Å²) in [5.74, 6) is -0.788. The first-order chi connectivity index (χ1) is 11.1. The smallest absolute Gasteiger partial charge is 0.253 e. The summed E-state index contributed by atoms with van der Waals surface area (Å²) in [6.45, 7) is 1.91. The summed E-state index contributed by atoms with van der Waals surface area (Å²) < 4.78 is 13.1. The normalized spacial score (nSPS) is 12.1. The number of nitrogens with one attached hydrogen (secondary N) is 1. The lowest BCUT2D eigenvalue weighted by Gasteiger charge is -2.17. The Labute approximate surface area is 138 Å². The summed E-state index contributed by atoms with van der Waals surface area (Å²) in [5, 5.41) is 5.23. The molecule has 116 valence electrons. The highest BCUT2D eigenvalue weighted by Gasteiger charge is 2.16. The second-order valence-corrected chi connectivity index (χ2v) is 5.79. The molecule has 4 heteroatoms. The summed E-state index contributed by atoms with van der Waals surface area (Å²) in [6, 6.07) is 17.5. The zero-order valence-electron chi connectivity index (χ0n) is 12.5. The summed E-state index contributed by atoms with van der Waals surface area (Å²) >= 11 is 5.95. The molecule has 0 spiro atoms. The molecule has 0 fully saturated rings. The zero-order valence-corrected chi connectivity index (χ0v) is 13.3. The Hall–Kier alpha value is -2.39. The molecule has 3 aromatic rings. The molecule has 3 rings (SSSR count). The molecule has 0 saturated heterocycles. The first kappa shape index (κ1) is 15.5. The Morgan fingerprint density at radius 1 is 1.09 bits per heavy atom. The third-order valence-corrected chi connectivity index (χ3v) is 4.13. The van der Waals surface area contributed by atoms with Crippen molar-refractivity contribution in [3.63, 3.8) is 0 Å². The highest BCUT2D eigenvalue weighted by atomic mass is 35.5. The van der Waals surface area contributed by atoms with Crippen LogP contribution in [0.2, 0.25) is 5.02 Å². The van der Waals surface area contributed by atoms with Gasteiger partial charge in [0.25, 0.3) is 5.91 Å². The van der Waals surface area contributed by atoms with Crippen LogP contribution < -0.4 is 5.32 Å². The molecule has 3 aromatic carbocycles. The standard InChI is InChI=1S/C19H15ClFNO/c1-12(15-8-4-6-13-5-2-3-7-16(13)15)22-19(23)17-10-9-14(21)11-18(17)20/h2-12H,1H3,(H,22,23). The first-order valence-electron chi connectivity index (χ1n) is 7.30. The second kappa shape index (κ2) is 6.39. The van der Waals surface area contributed by atoms with Gasteiger partial charge in [-0.05, 0) is 41.5 Å². The van der Waals surface area contributed by atoms with Gasteiger partial charge in [0.05, 0.1) is 16.6 Å². The van der Waals surface area contributed by atoms with Crippen molar-refractivity contribution in [3.8, 4) is 0 Å². The van der Waals surface area contributed by atoms with Gasteiger partial charge in [0.15, 0.2) is 0 Å². The second-order valence-electron chi connectivity index (χ2n) is 5.39. The summed E-state index contributed by atoms with van der Waals surface area (Å²) in [5.41, 5.74) is 1.29. The lowest BCUT2D eigenvalue weighted by atomic mass is 9.99. The van der Waals surface area contributed by atoms with Crippen LogP contribution in [0.1, 0.15) is 28.9 Å². The molecule has 1 unspecified atom stereocenters. The SMILES string of the molecule is CC(NC(=O)c1ccc(F)cc1Cl)c1cccc2ccccc12. The lowest BCUT2D eigenvalue weighted by molar-refractivity contribution is 0.0940. The quantitative estimate of drug-likeness (QED) is 0.710. The van der Waals surface area contributed by atoms with Gasteiger partial charge in [0.2, 0.25) is 0 Å². The van der Waals surface area contributed by atoms with Crippen molar-refractivity contribution in [3.05, 3.63) is 82.6 Å². The molecule has 0 aliphatic heterocycles. The van der Waals surface area contributed by atoms with Crippen LogP contribution in [-0.2, 0) is 0 Å². The molecule has 0 heterocycles. The number of hydrogen-bond donors (Lipinski definition) is 1. The van der Waals surface area contributed by atoms with Crippen LogP contribution in [0.4, 0.5) is 4.39 Å². The monoisotopic (exact) mass is 327 g/mol. The third kappa shape index (κ3) is 3.20. The van der Waals surface area contributed by atoms with Gasteiger partial charge in [-0.25, -0.2) is 4.39 Å². The fourth-order valence-corrected chi connectivity index (χ4v) is 2.91. The first-order valence-corrected chi connectivity index (χ1v) is 7.67. The van der Waals surface area contributed by atoms with E-state index >= 15 is 0 Å². The van der Waals surface area contributed by atoms with E-state index in [9.17, 15) is 9.18 Å². The molecule has 2 nitrogen and oxygen atoms in total. The Kier molecular flexibility index (Phi) is 4.30. The fraction of sp³-hybridized carbons (Fsp3) is 0.105. The fourth-order valence-electron chi connectivity index (χ4n) is 2.65. The van der Waals surface area contributed by atoms with Crippen LogP contribution in [0.25, 0.3) is 10.8 Å². The number of benzene rings is 3. The summed E-state index contributed by atoms with van der Waals surface area (Å²) in [4.78, 5) is 12.4. The molecule has 1 N–H and O–H groups in total. The van der Waals surface area contributed by atoms with Gasteiger partial charge >= 0.3 is 0 Å². The van der Waals surface area contributed by atoms with Crippen LogP contribution in [0.3, 0.4) is 0 Å². The lowest BCUT2D eigenvalue weighted by Crippen LogP contribution is -2.27. The Morgan fingerprint density at radius 2 is 1.83 bits per heavy atom. The van der Waals surface area contributed by atoms with Gasteiger partial charge < -0.3 is 5.32 Å². The largest absolute Gasteiger partial charge is 0.345 e. The highest BCUT2D eigenvalue weighted by molar-refractivity contribution is 6.33. The molecule has 0 radical (unpaired) electrons. The van der Waals surface area contributed by atoms with Gasteiger partial charge in [0.1, 0.15) is 5.82 Å². The Balaban J connectivity index is 1.88. The molecule has 0 aliphatic rings. The van der Waals surface area contributed by atoms with Crippen molar-refractivity contribution in [1.29, 1.82) is 0 Å². The van der Waals surface area contributed by atoms with Crippen LogP contribution >= 0.6 is 11.6 Å². The number of carbonyl (C=O) groups is 1. The minimum atomic E-state index is -0.464. The molecule has 23 heavy (non-hydrogen) atoms. The predicted molar refractivity (Wildman–Crippen MR) is 91.2 cm³/mol. The van der Waals surface area contributed by atoms with E-state index in [1.807, 2.05) is 49.4 Å². The molecule has 0 bridgehead atoms. The van der Waals surface area contributed by atoms with Gasteiger partial charge in [0, 0.05) is 0 Å². The number of fused-ring (bicyclic) bond motifs is 1. The molecular weight excluding hydrogens is 313 g/mol. The van der Waals surface area contributed by atoms with Crippen molar-refractivity contribution >= 4 is 28.3 Å². The van der Waals surface area contributed by atoms with Gasteiger partial charge in [-0.3, -0.25) is 4.79 Å². The molecule has 1 amide bonds. The molecule has 0 saturated carbocycles. The van der Waals surface area contributed by atoms with Crippen molar-refractivity contribution < 1.29 is 9.18 Å². The van der Waals surface area contributed by atoms with Crippen molar-refractivity contribution in [2.75, 3.05) is 0 Å². The third-order valence-electron chi connectivity index (χ3n) is 3.81. The topological polar surface area (TPSA) is 29.1 Å². The molecule has 0 aliphatic carbocycles. The zero-order chi connectivity index (χ0) is 16.4. The minimum Gasteiger partial charge on any atom is -0.345 e. The number of halogens is 2. The van der Waals surface area contributed by atoms with Crippen LogP contribution in [-0.4, -0.2) is 5.91 Å². The van der Waals surface area contributed by atoms with E-state index in [0.717, 1.165) is 22.4 Å². The van der Waals surface area contributed by atoms with Crippen molar-refractivity contribution in [2.45, 2.75) is 13.0 Å². The van der Waals surface area contributed by atoms with Crippen LogP contribution in [0, 0.1) is 5.82 Å². The predicted octanol–water partition coefficient (Wildman–Crippen LogP) is 5.12. The van der Waals surface area contributed by atoms with E-state index in [1.165, 1.54) is 12.1 Å². The average molecular weight is 328 g/mol. The van der Waals surface area contributed by atoms with E-state index in [-0.39, 0.29) is 22.5 Å². The van der Waals surface area contributed by atoms with Crippen molar-refractivity contribution in [2.24, 2.45) is 0 Å². The maximum atomic E-state index is 13.1. The maximum absolute atomic E-state index is 13.1. The van der Waals surface area contributed by atoms with E-state index in [1.54, 1.807) is 0 Å². The van der Waals surface area contributed by atoms with Gasteiger partial charge in [-0.15, -0.1) is 0 Å². The molecular formula is C19H15ClFNO. The number of amides is 1. The minimum absolute atomic E-state index is 0.104. The van der Waals surface area contributed by atoms with E-state index in [2.05, 4.69) is 5.32 Å². The summed E-state index contributed by atoms with van der Waals surface area (Å²) in [6.07, 6.45) is 0. The Bertz CT molecular complexity index is 873. The molecule has 1 atom stereocenters. The summed E-state index contributed by atoms with van der Waals surface area (Å²) in [7, 11) is 0. The van der Waals surface area contributed by atoms with Gasteiger partial charge in [-0.1, -0.05) is 54.1 Å². The number of rotatable bonds is 3. The number of carbonyl (C=O) groups excluding carboxylic acids is 1. The Morgan fingerprint density at radius 3 is 2.61 bits per heavy atom. The highest BCUT2D eigenvalue weighted by Crippen LogP contribution is 2.25. The average Bonchev–Trinajstić information content (AvgIpc) is 2.54. The number of hydrogen-bond acceptors (Lipinski definition) is 1. The molecule has 0 aromatic heterocycles. The maximum Gasteiger partial charge on any atom is 0.253 e.